The van der Waals surface area contributed by atoms with Crippen LogP contribution in [0.3, 0.4) is 0 Å². The van der Waals surface area contributed by atoms with Gasteiger partial charge in [-0.05, 0) is 25.2 Å². The van der Waals surface area contributed by atoms with Gasteiger partial charge in [0.25, 0.3) is 0 Å². The summed E-state index contributed by atoms with van der Waals surface area (Å²) in [5, 5.41) is 0.693. The Morgan fingerprint density at radius 1 is 1.44 bits per heavy atom. The van der Waals surface area contributed by atoms with E-state index in [1.54, 1.807) is 12.3 Å². The predicted octanol–water partition coefficient (Wildman–Crippen LogP) is -1.82. The minimum atomic E-state index is -0.592. The van der Waals surface area contributed by atoms with Crippen molar-refractivity contribution in [1.82, 2.24) is 9.97 Å². The number of rotatable bonds is 3. The van der Waals surface area contributed by atoms with Gasteiger partial charge in [0, 0.05) is 25.1 Å². The summed E-state index contributed by atoms with van der Waals surface area (Å²) in [4.78, 5) is 19.7. The Balaban J connectivity index is 0.00000144. The molecule has 1 N–H and O–H groups in total. The first-order chi connectivity index (χ1) is 7.80. The molecule has 2 heterocycles. The van der Waals surface area contributed by atoms with Crippen molar-refractivity contribution in [3.8, 4) is 0 Å². The fraction of sp³-hybridized carbons (Fsp3) is 0.545. The largest absolute Gasteiger partial charge is 1.00 e. The van der Waals surface area contributed by atoms with Crippen molar-refractivity contribution < 1.29 is 33.9 Å². The molecule has 2 rings (SSSR count). The molecule has 1 saturated heterocycles. The van der Waals surface area contributed by atoms with Crippen molar-refractivity contribution in [3.05, 3.63) is 18.0 Å². The SMILES string of the molecule is CSc1nccc(C2([C-]=O)CCOCC2)n1.[Li+].[OH-]. The third kappa shape index (κ3) is 3.56. The summed E-state index contributed by atoms with van der Waals surface area (Å²) < 4.78 is 5.28. The first-order valence-electron chi connectivity index (χ1n) is 5.15. The van der Waals surface area contributed by atoms with E-state index in [2.05, 4.69) is 16.3 Å². The third-order valence-corrected chi connectivity index (χ3v) is 3.41. The number of hydrogen-bond donors (Lipinski definition) is 0. The van der Waals surface area contributed by atoms with E-state index < -0.39 is 5.41 Å². The van der Waals surface area contributed by atoms with E-state index in [1.807, 2.05) is 6.26 Å². The molecule has 94 valence electrons. The molecule has 18 heavy (non-hydrogen) atoms. The molecule has 0 radical (unpaired) electrons. The van der Waals surface area contributed by atoms with Gasteiger partial charge in [0.05, 0.1) is 0 Å². The zero-order valence-electron chi connectivity index (χ0n) is 10.5. The van der Waals surface area contributed by atoms with Crippen LogP contribution in [-0.4, -0.2) is 41.2 Å². The van der Waals surface area contributed by atoms with E-state index in [9.17, 15) is 4.79 Å². The monoisotopic (exact) mass is 261 g/mol. The first kappa shape index (κ1) is 17.6. The molecular weight excluding hydrogens is 247 g/mol. The fourth-order valence-electron chi connectivity index (χ4n) is 1.84. The molecule has 0 saturated carbocycles. The van der Waals surface area contributed by atoms with Gasteiger partial charge in [0.15, 0.2) is 5.16 Å². The molecule has 1 fully saturated rings. The molecule has 1 aromatic rings. The Bertz CT molecular complexity index is 386. The van der Waals surface area contributed by atoms with Crippen molar-refractivity contribution in [2.75, 3.05) is 19.5 Å². The molecule has 0 aliphatic carbocycles. The van der Waals surface area contributed by atoms with E-state index in [0.29, 0.717) is 31.2 Å². The van der Waals surface area contributed by atoms with Crippen LogP contribution in [-0.2, 0) is 14.9 Å². The summed E-state index contributed by atoms with van der Waals surface area (Å²) in [7, 11) is 0. The zero-order chi connectivity index (χ0) is 11.4. The number of hydrogen-bond acceptors (Lipinski definition) is 6. The molecule has 0 atom stereocenters. The molecular formula is C11H14LiN2O3S-. The standard InChI is InChI=1S/C11H13N2O2S.Li.H2O/c1-16-10-12-5-2-9(13-10)11(8-14)3-6-15-7-4-11;;/h2,5H,3-4,6-7H2,1H3;;1H2/q-1;+1;/p-1. The Kier molecular flexibility index (Phi) is 7.75. The summed E-state index contributed by atoms with van der Waals surface area (Å²) in [6, 6.07) is 1.80. The van der Waals surface area contributed by atoms with Gasteiger partial charge in [-0.3, -0.25) is 6.29 Å². The summed E-state index contributed by atoms with van der Waals surface area (Å²) in [6.07, 6.45) is 7.08. The van der Waals surface area contributed by atoms with Gasteiger partial charge >= 0.3 is 18.9 Å². The second kappa shape index (κ2) is 7.92. The molecule has 5 nitrogen and oxygen atoms in total. The average Bonchev–Trinajstić information content (AvgIpc) is 2.39. The molecule has 1 aromatic heterocycles. The van der Waals surface area contributed by atoms with Crippen LogP contribution < -0.4 is 18.9 Å². The third-order valence-electron chi connectivity index (χ3n) is 2.85. The number of nitrogens with zero attached hydrogens (tertiary/aromatic N) is 2. The number of ether oxygens (including phenoxy) is 1. The van der Waals surface area contributed by atoms with E-state index in [-0.39, 0.29) is 24.3 Å². The van der Waals surface area contributed by atoms with Gasteiger partial charge in [-0.1, -0.05) is 17.2 Å². The van der Waals surface area contributed by atoms with Crippen LogP contribution in [0.5, 0.6) is 0 Å². The van der Waals surface area contributed by atoms with Gasteiger partial charge in [0.2, 0.25) is 0 Å². The molecule has 0 spiro atoms. The van der Waals surface area contributed by atoms with E-state index >= 15 is 0 Å². The topological polar surface area (TPSA) is 82.1 Å². The molecule has 0 aromatic carbocycles. The van der Waals surface area contributed by atoms with Crippen LogP contribution in [0.1, 0.15) is 18.5 Å². The van der Waals surface area contributed by atoms with Crippen LogP contribution in [0, 0.1) is 0 Å². The minimum Gasteiger partial charge on any atom is -0.870 e. The van der Waals surface area contributed by atoms with Crippen LogP contribution in [0.15, 0.2) is 17.4 Å². The van der Waals surface area contributed by atoms with Gasteiger partial charge in [0.1, 0.15) is 0 Å². The van der Waals surface area contributed by atoms with Gasteiger partial charge in [-0.2, -0.15) is 0 Å². The van der Waals surface area contributed by atoms with Crippen molar-refractivity contribution in [2.45, 2.75) is 23.4 Å². The Morgan fingerprint density at radius 3 is 2.67 bits per heavy atom. The maximum absolute atomic E-state index is 11.2. The number of thioether (sulfide) groups is 1. The van der Waals surface area contributed by atoms with Crippen LogP contribution in [0.25, 0.3) is 0 Å². The summed E-state index contributed by atoms with van der Waals surface area (Å²) in [5.41, 5.74) is 0.177. The number of aromatic nitrogens is 2. The normalized spacial score (nSPS) is 17.2. The fourth-order valence-corrected chi connectivity index (χ4v) is 2.19. The number of carbonyl (C=O) groups excluding carboxylic acids is 1. The van der Waals surface area contributed by atoms with Crippen LogP contribution >= 0.6 is 11.8 Å². The van der Waals surface area contributed by atoms with Crippen molar-refractivity contribution in [1.29, 1.82) is 0 Å². The van der Waals surface area contributed by atoms with Gasteiger partial charge in [-0.15, -0.1) is 0 Å². The zero-order valence-corrected chi connectivity index (χ0v) is 11.4. The molecule has 7 heteroatoms. The summed E-state index contributed by atoms with van der Waals surface area (Å²) in [6.45, 7) is 1.18. The van der Waals surface area contributed by atoms with Gasteiger partial charge < -0.3 is 15.0 Å². The molecule has 0 unspecified atom stereocenters. The smallest absolute Gasteiger partial charge is 0.870 e. The maximum Gasteiger partial charge on any atom is 1.00 e. The van der Waals surface area contributed by atoms with E-state index in [4.69, 9.17) is 4.74 Å². The van der Waals surface area contributed by atoms with E-state index in [1.165, 1.54) is 11.8 Å². The predicted molar refractivity (Wildman–Crippen MR) is 63.2 cm³/mol. The molecule has 1 aliphatic rings. The van der Waals surface area contributed by atoms with E-state index in [0.717, 1.165) is 5.69 Å². The van der Waals surface area contributed by atoms with Crippen LogP contribution in [0.2, 0.25) is 0 Å². The minimum absolute atomic E-state index is 0. The Hall–Kier alpha value is -0.383. The van der Waals surface area contributed by atoms with Crippen molar-refractivity contribution in [3.63, 3.8) is 0 Å². The summed E-state index contributed by atoms with van der Waals surface area (Å²) in [5.74, 6) is 0. The van der Waals surface area contributed by atoms with Crippen molar-refractivity contribution >= 4 is 18.0 Å². The average molecular weight is 261 g/mol. The summed E-state index contributed by atoms with van der Waals surface area (Å²) >= 11 is 1.47. The van der Waals surface area contributed by atoms with Crippen molar-refractivity contribution in [2.24, 2.45) is 0 Å². The quantitative estimate of drug-likeness (QED) is 0.276. The molecule has 1 aliphatic heterocycles. The second-order valence-corrected chi connectivity index (χ2v) is 4.50. The molecule has 0 amide bonds. The maximum atomic E-state index is 11.2. The molecule has 0 bridgehead atoms. The first-order valence-corrected chi connectivity index (χ1v) is 6.38. The second-order valence-electron chi connectivity index (χ2n) is 3.73. The Labute approximate surface area is 123 Å². The Morgan fingerprint density at radius 2 is 2.11 bits per heavy atom. The van der Waals surface area contributed by atoms with Crippen LogP contribution in [0.4, 0.5) is 0 Å². The van der Waals surface area contributed by atoms with Gasteiger partial charge in [-0.25, -0.2) is 9.97 Å².